The zero-order valence-corrected chi connectivity index (χ0v) is 17.6. The minimum absolute atomic E-state index is 0.0687. The summed E-state index contributed by atoms with van der Waals surface area (Å²) in [5.41, 5.74) is 2.21. The first-order valence-corrected chi connectivity index (χ1v) is 11.7. The molecule has 2 atom stereocenters. The Hall–Kier alpha value is -1.64. The number of benzene rings is 1. The molecule has 0 spiro atoms. The van der Waals surface area contributed by atoms with Crippen LogP contribution in [-0.2, 0) is 19.6 Å². The highest BCUT2D eigenvalue weighted by molar-refractivity contribution is 7.89. The van der Waals surface area contributed by atoms with E-state index in [4.69, 9.17) is 4.74 Å². The van der Waals surface area contributed by atoms with E-state index in [1.54, 1.807) is 6.92 Å². The van der Waals surface area contributed by atoms with Gasteiger partial charge in [-0.25, -0.2) is 12.7 Å². The van der Waals surface area contributed by atoms with Crippen molar-refractivity contribution >= 4 is 21.6 Å². The number of nitrogens with one attached hydrogen (secondary N) is 1. The summed E-state index contributed by atoms with van der Waals surface area (Å²) in [6, 6.07) is 8.14. The Labute approximate surface area is 168 Å². The number of sulfonamides is 1. The lowest BCUT2D eigenvalue weighted by Gasteiger charge is -2.31. The Kier molecular flexibility index (Phi) is 6.95. The van der Waals surface area contributed by atoms with E-state index in [-0.39, 0.29) is 30.2 Å². The van der Waals surface area contributed by atoms with Crippen LogP contribution in [0.3, 0.4) is 0 Å². The molecule has 2 fully saturated rings. The fourth-order valence-corrected chi connectivity index (χ4v) is 4.98. The number of morpholine rings is 1. The molecule has 8 heteroatoms. The third-order valence-corrected chi connectivity index (χ3v) is 7.49. The van der Waals surface area contributed by atoms with Crippen LogP contribution in [0.2, 0.25) is 0 Å². The largest absolute Gasteiger partial charge is 0.378 e. The maximum Gasteiger partial charge on any atom is 0.224 e. The number of amides is 1. The Balaban J connectivity index is 1.57. The summed E-state index contributed by atoms with van der Waals surface area (Å²) >= 11 is 0. The predicted molar refractivity (Wildman–Crippen MR) is 110 cm³/mol. The summed E-state index contributed by atoms with van der Waals surface area (Å²) in [6.45, 7) is 7.69. The van der Waals surface area contributed by atoms with Crippen LogP contribution < -0.4 is 10.2 Å². The van der Waals surface area contributed by atoms with Gasteiger partial charge in [0.1, 0.15) is 0 Å². The maximum absolute atomic E-state index is 12.7. The van der Waals surface area contributed by atoms with Crippen molar-refractivity contribution in [2.24, 2.45) is 5.92 Å². The smallest absolute Gasteiger partial charge is 0.224 e. The normalized spacial score (nSPS) is 22.6. The molecular formula is C20H31N3O4S. The Bertz CT molecular complexity index is 760. The highest BCUT2D eigenvalue weighted by Crippen LogP contribution is 2.23. The molecule has 7 nitrogen and oxygen atoms in total. The Morgan fingerprint density at radius 3 is 2.54 bits per heavy atom. The lowest BCUT2D eigenvalue weighted by molar-refractivity contribution is -0.126. The van der Waals surface area contributed by atoms with Gasteiger partial charge < -0.3 is 15.0 Å². The number of nitrogens with zero attached hydrogens (tertiary/aromatic N) is 2. The second-order valence-corrected chi connectivity index (χ2v) is 9.78. The number of piperidine rings is 1. The predicted octanol–water partition coefficient (Wildman–Crippen LogP) is 1.76. The molecule has 1 amide bonds. The fourth-order valence-electron chi connectivity index (χ4n) is 3.80. The van der Waals surface area contributed by atoms with Gasteiger partial charge in [-0.2, -0.15) is 0 Å². The van der Waals surface area contributed by atoms with Gasteiger partial charge in [0.2, 0.25) is 15.9 Å². The first kappa shape index (κ1) is 21.1. The highest BCUT2D eigenvalue weighted by Gasteiger charge is 2.31. The monoisotopic (exact) mass is 409 g/mol. The van der Waals surface area contributed by atoms with Crippen molar-refractivity contribution in [2.45, 2.75) is 32.7 Å². The van der Waals surface area contributed by atoms with E-state index in [0.29, 0.717) is 6.54 Å². The molecule has 0 radical (unpaired) electrons. The minimum atomic E-state index is -3.24. The van der Waals surface area contributed by atoms with Crippen molar-refractivity contribution in [2.75, 3.05) is 50.0 Å². The maximum atomic E-state index is 12.7. The number of carbonyl (C=O) groups is 1. The van der Waals surface area contributed by atoms with E-state index >= 15 is 0 Å². The number of hydrogen-bond donors (Lipinski definition) is 1. The molecule has 0 unspecified atom stereocenters. The first-order valence-electron chi connectivity index (χ1n) is 10.1. The van der Waals surface area contributed by atoms with E-state index in [2.05, 4.69) is 22.3 Å². The molecule has 1 aromatic rings. The van der Waals surface area contributed by atoms with E-state index in [9.17, 15) is 13.2 Å². The van der Waals surface area contributed by atoms with Gasteiger partial charge in [0, 0.05) is 31.9 Å². The molecule has 0 aliphatic carbocycles. The third-order valence-electron chi connectivity index (χ3n) is 5.64. The van der Waals surface area contributed by atoms with Gasteiger partial charge in [-0.1, -0.05) is 12.1 Å². The quantitative estimate of drug-likeness (QED) is 0.775. The molecule has 0 bridgehead atoms. The lowest BCUT2D eigenvalue weighted by atomic mass is 9.98. The van der Waals surface area contributed by atoms with Gasteiger partial charge >= 0.3 is 0 Å². The van der Waals surface area contributed by atoms with Crippen LogP contribution in [0.25, 0.3) is 0 Å². The zero-order chi connectivity index (χ0) is 20.1. The summed E-state index contributed by atoms with van der Waals surface area (Å²) < 4.78 is 31.1. The number of ether oxygens (including phenoxy) is 1. The summed E-state index contributed by atoms with van der Waals surface area (Å²) in [5, 5.41) is 3.06. The molecule has 0 saturated carbocycles. The average Bonchev–Trinajstić information content (AvgIpc) is 2.74. The number of anilines is 1. The summed E-state index contributed by atoms with van der Waals surface area (Å²) in [6.07, 6.45) is 1.45. The van der Waals surface area contributed by atoms with Crippen molar-refractivity contribution in [3.8, 4) is 0 Å². The van der Waals surface area contributed by atoms with Crippen LogP contribution in [-0.4, -0.2) is 63.8 Å². The van der Waals surface area contributed by atoms with E-state index < -0.39 is 10.0 Å². The van der Waals surface area contributed by atoms with Crippen molar-refractivity contribution < 1.29 is 17.9 Å². The Morgan fingerprint density at radius 1 is 1.21 bits per heavy atom. The van der Waals surface area contributed by atoms with Gasteiger partial charge in [0.15, 0.2) is 0 Å². The van der Waals surface area contributed by atoms with Gasteiger partial charge in [-0.3, -0.25) is 4.79 Å². The molecule has 0 aromatic heterocycles. The summed E-state index contributed by atoms with van der Waals surface area (Å²) in [7, 11) is -3.24. The van der Waals surface area contributed by atoms with Crippen LogP contribution in [0.5, 0.6) is 0 Å². The van der Waals surface area contributed by atoms with Gasteiger partial charge in [0.05, 0.1) is 30.9 Å². The van der Waals surface area contributed by atoms with Crippen LogP contribution in [0.4, 0.5) is 5.69 Å². The van der Waals surface area contributed by atoms with Gasteiger partial charge in [-0.05, 0) is 44.4 Å². The van der Waals surface area contributed by atoms with Crippen molar-refractivity contribution in [3.63, 3.8) is 0 Å². The average molecular weight is 410 g/mol. The lowest BCUT2D eigenvalue weighted by Crippen LogP contribution is -2.46. The molecule has 1 N–H and O–H groups in total. The molecule has 2 aliphatic rings. The van der Waals surface area contributed by atoms with E-state index in [0.717, 1.165) is 44.7 Å². The molecule has 156 valence electrons. The van der Waals surface area contributed by atoms with Crippen LogP contribution in [0.1, 0.15) is 38.3 Å². The second-order valence-electron chi connectivity index (χ2n) is 7.52. The van der Waals surface area contributed by atoms with E-state index in [1.807, 2.05) is 19.1 Å². The first-order chi connectivity index (χ1) is 13.4. The fraction of sp³-hybridized carbons (Fsp3) is 0.650. The van der Waals surface area contributed by atoms with E-state index in [1.165, 1.54) is 9.99 Å². The SMILES string of the molecule is CCS(=O)(=O)N1CCC[C@H](C(=O)N[C@@H](C)c2ccc(N3CCOCC3)cc2)C1. The number of carbonyl (C=O) groups excluding carboxylic acids is 1. The highest BCUT2D eigenvalue weighted by atomic mass is 32.2. The molecule has 3 rings (SSSR count). The van der Waals surface area contributed by atoms with Crippen LogP contribution >= 0.6 is 0 Å². The Morgan fingerprint density at radius 2 is 1.89 bits per heavy atom. The van der Waals surface area contributed by atoms with Crippen LogP contribution in [0.15, 0.2) is 24.3 Å². The number of hydrogen-bond acceptors (Lipinski definition) is 5. The molecule has 1 aromatic carbocycles. The van der Waals surface area contributed by atoms with Gasteiger partial charge in [-0.15, -0.1) is 0 Å². The minimum Gasteiger partial charge on any atom is -0.378 e. The van der Waals surface area contributed by atoms with Gasteiger partial charge in [0.25, 0.3) is 0 Å². The molecule has 28 heavy (non-hydrogen) atoms. The van der Waals surface area contributed by atoms with Crippen molar-refractivity contribution in [3.05, 3.63) is 29.8 Å². The summed E-state index contributed by atoms with van der Waals surface area (Å²) in [5.74, 6) is -0.279. The molecule has 2 saturated heterocycles. The molecular weight excluding hydrogens is 378 g/mol. The van der Waals surface area contributed by atoms with Crippen molar-refractivity contribution in [1.29, 1.82) is 0 Å². The topological polar surface area (TPSA) is 79.0 Å². The molecule has 2 aliphatic heterocycles. The zero-order valence-electron chi connectivity index (χ0n) is 16.8. The van der Waals surface area contributed by atoms with Crippen molar-refractivity contribution in [1.82, 2.24) is 9.62 Å². The van der Waals surface area contributed by atoms with Crippen LogP contribution in [0, 0.1) is 5.92 Å². The molecule has 2 heterocycles. The summed E-state index contributed by atoms with van der Waals surface area (Å²) in [4.78, 5) is 15.0. The standard InChI is InChI=1S/C20H31N3O4S/c1-3-28(25,26)23-10-4-5-18(15-23)20(24)21-16(2)17-6-8-19(9-7-17)22-11-13-27-14-12-22/h6-9,16,18H,3-5,10-15H2,1-2H3,(H,21,24)/t16-,18-/m0/s1. The second kappa shape index (κ2) is 9.24. The third kappa shape index (κ3) is 5.04. The number of rotatable bonds is 6.